The molecule has 0 aromatic rings. The largest absolute Gasteiger partial charge is 0.492 e. The third-order valence-corrected chi connectivity index (χ3v) is 6.63. The molecule has 0 aromatic heterocycles. The lowest BCUT2D eigenvalue weighted by atomic mass is 9.48. The van der Waals surface area contributed by atoms with Crippen molar-refractivity contribution in [2.45, 2.75) is 59.5 Å². The molecule has 4 heteroatoms. The van der Waals surface area contributed by atoms with Gasteiger partial charge in [0.1, 0.15) is 0 Å². The normalized spacial score (nSPS) is 34.6. The average Bonchev–Trinajstić information content (AvgIpc) is 2.50. The lowest BCUT2D eigenvalue weighted by Crippen LogP contribution is -2.52. The molecular formula is C21H28O4. The van der Waals surface area contributed by atoms with Crippen molar-refractivity contribution in [1.82, 2.24) is 0 Å². The predicted octanol–water partition coefficient (Wildman–Crippen LogP) is 3.51. The van der Waals surface area contributed by atoms with Crippen molar-refractivity contribution in [1.29, 1.82) is 0 Å². The molecule has 3 aliphatic carbocycles. The van der Waals surface area contributed by atoms with Crippen LogP contribution in [0.2, 0.25) is 0 Å². The van der Waals surface area contributed by atoms with E-state index in [9.17, 15) is 14.7 Å². The minimum Gasteiger partial charge on any atom is -0.492 e. The number of ketones is 2. The van der Waals surface area contributed by atoms with Gasteiger partial charge in [-0.15, -0.1) is 0 Å². The van der Waals surface area contributed by atoms with E-state index in [0.29, 0.717) is 17.6 Å². The summed E-state index contributed by atoms with van der Waals surface area (Å²) < 4.78 is 5.34. The molecule has 136 valence electrons. The summed E-state index contributed by atoms with van der Waals surface area (Å²) >= 11 is 0. The van der Waals surface area contributed by atoms with Gasteiger partial charge in [0.05, 0.1) is 18.8 Å². The van der Waals surface area contributed by atoms with Gasteiger partial charge in [-0.2, -0.15) is 0 Å². The van der Waals surface area contributed by atoms with Crippen LogP contribution < -0.4 is 0 Å². The number of Topliss-reactive ketones (excluding diaryl/α,β-unsaturated/α-hetero) is 2. The van der Waals surface area contributed by atoms with Crippen LogP contribution in [-0.2, 0) is 14.3 Å². The molecule has 3 atom stereocenters. The molecule has 0 radical (unpaired) electrons. The van der Waals surface area contributed by atoms with E-state index in [-0.39, 0.29) is 39.8 Å². The van der Waals surface area contributed by atoms with Crippen molar-refractivity contribution < 1.29 is 19.4 Å². The van der Waals surface area contributed by atoms with Crippen LogP contribution in [0.5, 0.6) is 0 Å². The lowest BCUT2D eigenvalue weighted by molar-refractivity contribution is -0.124. The van der Waals surface area contributed by atoms with E-state index in [0.717, 1.165) is 19.3 Å². The zero-order valence-electron chi connectivity index (χ0n) is 15.9. The summed E-state index contributed by atoms with van der Waals surface area (Å²) in [4.78, 5) is 26.5. The Balaban J connectivity index is 2.25. The summed E-state index contributed by atoms with van der Waals surface area (Å²) in [5.41, 5.74) is 1.07. The highest BCUT2D eigenvalue weighted by molar-refractivity contribution is 6.27. The second-order valence-electron chi connectivity index (χ2n) is 8.70. The molecule has 0 heterocycles. The van der Waals surface area contributed by atoms with E-state index in [2.05, 4.69) is 27.4 Å². The fourth-order valence-electron chi connectivity index (χ4n) is 5.51. The van der Waals surface area contributed by atoms with Gasteiger partial charge >= 0.3 is 0 Å². The van der Waals surface area contributed by atoms with Crippen molar-refractivity contribution in [3.63, 3.8) is 0 Å². The maximum Gasteiger partial charge on any atom is 0.225 e. The topological polar surface area (TPSA) is 63.6 Å². The molecule has 3 rings (SSSR count). The highest BCUT2D eigenvalue weighted by Crippen LogP contribution is 2.61. The number of fused-ring (bicyclic) bond motifs is 2. The summed E-state index contributed by atoms with van der Waals surface area (Å²) in [6, 6.07) is 0. The van der Waals surface area contributed by atoms with Gasteiger partial charge in [-0.1, -0.05) is 33.8 Å². The van der Waals surface area contributed by atoms with Crippen LogP contribution in [0.4, 0.5) is 0 Å². The molecule has 1 saturated carbocycles. The zero-order valence-corrected chi connectivity index (χ0v) is 15.9. The van der Waals surface area contributed by atoms with Gasteiger partial charge in [0, 0.05) is 16.6 Å². The van der Waals surface area contributed by atoms with Crippen LogP contribution in [0.15, 0.2) is 34.6 Å². The minimum absolute atomic E-state index is 0.0153. The molecule has 0 aliphatic heterocycles. The monoisotopic (exact) mass is 344 g/mol. The molecule has 0 amide bonds. The van der Waals surface area contributed by atoms with Gasteiger partial charge in [-0.3, -0.25) is 9.59 Å². The molecule has 4 nitrogen and oxygen atoms in total. The van der Waals surface area contributed by atoms with E-state index < -0.39 is 11.5 Å². The number of aliphatic hydroxyl groups is 1. The fraction of sp³-hybridized carbons (Fsp3) is 0.619. The standard InChI is InChI=1S/C21H28O4/c1-11(2)14-17(23)15-12(22)10-13-20(3,4)8-7-9-21(13,5)16(15)18(24)19(14)25-6/h12-13,22H,1,7-10H2,2-6H3/t12-,13-,21-/m0/s1. The Kier molecular flexibility index (Phi) is 4.11. The predicted molar refractivity (Wildman–Crippen MR) is 95.7 cm³/mol. The maximum atomic E-state index is 13.3. The second kappa shape index (κ2) is 5.66. The number of methoxy groups -OCH3 is 1. The van der Waals surface area contributed by atoms with Crippen molar-refractivity contribution >= 4 is 11.6 Å². The average molecular weight is 344 g/mol. The van der Waals surface area contributed by atoms with E-state index in [1.807, 2.05) is 0 Å². The van der Waals surface area contributed by atoms with E-state index in [1.165, 1.54) is 7.11 Å². The van der Waals surface area contributed by atoms with Gasteiger partial charge in [-0.25, -0.2) is 0 Å². The van der Waals surface area contributed by atoms with Crippen LogP contribution in [0.3, 0.4) is 0 Å². The summed E-state index contributed by atoms with van der Waals surface area (Å²) in [6.07, 6.45) is 2.54. The zero-order chi connectivity index (χ0) is 18.7. The highest BCUT2D eigenvalue weighted by atomic mass is 16.5. The number of hydrogen-bond donors (Lipinski definition) is 1. The summed E-state index contributed by atoms with van der Waals surface area (Å²) in [5.74, 6) is -0.314. The van der Waals surface area contributed by atoms with E-state index in [1.54, 1.807) is 6.92 Å². The number of aliphatic hydroxyl groups excluding tert-OH is 1. The number of rotatable bonds is 2. The SMILES string of the molecule is C=C(C)C1=C(OC)C(=O)C2=C(C1=O)[C@@H](O)C[C@H]1C(C)(C)CCC[C@]21C. The lowest BCUT2D eigenvalue weighted by Gasteiger charge is -2.56. The van der Waals surface area contributed by atoms with Crippen LogP contribution >= 0.6 is 0 Å². The molecule has 25 heavy (non-hydrogen) atoms. The molecule has 0 unspecified atom stereocenters. The Morgan fingerprint density at radius 1 is 1.20 bits per heavy atom. The Labute approximate surface area is 149 Å². The maximum absolute atomic E-state index is 13.3. The van der Waals surface area contributed by atoms with Crippen molar-refractivity contribution in [2.75, 3.05) is 7.11 Å². The molecule has 1 N–H and O–H groups in total. The van der Waals surface area contributed by atoms with Crippen LogP contribution in [0, 0.1) is 16.7 Å². The Morgan fingerprint density at radius 3 is 2.40 bits per heavy atom. The molecular weight excluding hydrogens is 316 g/mol. The van der Waals surface area contributed by atoms with Crippen molar-refractivity contribution in [3.8, 4) is 0 Å². The molecule has 0 spiro atoms. The van der Waals surface area contributed by atoms with Gasteiger partial charge < -0.3 is 9.84 Å². The van der Waals surface area contributed by atoms with Crippen molar-refractivity contribution in [3.05, 3.63) is 34.6 Å². The first kappa shape index (κ1) is 18.1. The smallest absolute Gasteiger partial charge is 0.225 e. The highest BCUT2D eigenvalue weighted by Gasteiger charge is 2.57. The van der Waals surface area contributed by atoms with Gasteiger partial charge in [-0.05, 0) is 43.1 Å². The van der Waals surface area contributed by atoms with Crippen LogP contribution in [0.25, 0.3) is 0 Å². The van der Waals surface area contributed by atoms with Crippen molar-refractivity contribution in [2.24, 2.45) is 16.7 Å². The summed E-state index contributed by atoms with van der Waals surface area (Å²) in [5, 5.41) is 10.8. The number of carbonyl (C=O) groups is 2. The van der Waals surface area contributed by atoms with Gasteiger partial charge in [0.15, 0.2) is 11.5 Å². The molecule has 3 aliphatic rings. The van der Waals surface area contributed by atoms with Crippen LogP contribution in [-0.4, -0.2) is 29.9 Å². The Hall–Kier alpha value is -1.68. The number of hydrogen-bond acceptors (Lipinski definition) is 4. The van der Waals surface area contributed by atoms with Crippen LogP contribution in [0.1, 0.15) is 53.4 Å². The second-order valence-corrected chi connectivity index (χ2v) is 8.70. The third-order valence-electron chi connectivity index (χ3n) is 6.63. The first-order chi connectivity index (χ1) is 11.6. The first-order valence-electron chi connectivity index (χ1n) is 9.02. The van der Waals surface area contributed by atoms with E-state index >= 15 is 0 Å². The minimum atomic E-state index is -0.908. The summed E-state index contributed by atoms with van der Waals surface area (Å²) in [7, 11) is 1.42. The Bertz CT molecular complexity index is 737. The molecule has 0 aromatic carbocycles. The van der Waals surface area contributed by atoms with Gasteiger partial charge in [0.25, 0.3) is 0 Å². The molecule has 1 fully saturated rings. The first-order valence-corrected chi connectivity index (χ1v) is 9.02. The molecule has 0 bridgehead atoms. The summed E-state index contributed by atoms with van der Waals surface area (Å²) in [6.45, 7) is 12.0. The Morgan fingerprint density at radius 2 is 1.84 bits per heavy atom. The molecule has 0 saturated heterocycles. The number of allylic oxidation sites excluding steroid dienone is 3. The van der Waals surface area contributed by atoms with Gasteiger partial charge in [0.2, 0.25) is 5.78 Å². The third kappa shape index (κ3) is 2.37. The quantitative estimate of drug-likeness (QED) is 0.779. The fourth-order valence-corrected chi connectivity index (χ4v) is 5.51. The van der Waals surface area contributed by atoms with E-state index in [4.69, 9.17) is 4.74 Å². The number of ether oxygens (including phenoxy) is 1. The number of carbonyl (C=O) groups excluding carboxylic acids is 2.